The van der Waals surface area contributed by atoms with Crippen LogP contribution in [-0.4, -0.2) is 32.6 Å². The number of aromatic nitrogens is 2. The van der Waals surface area contributed by atoms with Gasteiger partial charge in [0.05, 0.1) is 0 Å². The molecule has 0 aliphatic rings. The molecule has 6 nitrogen and oxygen atoms in total. The summed E-state index contributed by atoms with van der Waals surface area (Å²) in [6.07, 6.45) is 1.35. The van der Waals surface area contributed by atoms with E-state index >= 15 is 0 Å². The van der Waals surface area contributed by atoms with Crippen LogP contribution >= 0.6 is 11.6 Å². The molecule has 0 fully saturated rings. The van der Waals surface area contributed by atoms with E-state index in [0.29, 0.717) is 16.4 Å². The van der Waals surface area contributed by atoms with E-state index in [1.54, 1.807) is 24.3 Å². The van der Waals surface area contributed by atoms with E-state index in [2.05, 4.69) is 10.3 Å². The smallest absolute Gasteiger partial charge is 0.356 e. The molecule has 2 aromatic rings. The number of carbonyl (C=O) groups excluding carboxylic acids is 1. The highest BCUT2D eigenvalue weighted by Gasteiger charge is 2.17. The van der Waals surface area contributed by atoms with Crippen LogP contribution in [0.5, 0.6) is 0 Å². The van der Waals surface area contributed by atoms with Gasteiger partial charge in [-0.3, -0.25) is 4.79 Å². The highest BCUT2D eigenvalue weighted by atomic mass is 35.5. The molecule has 1 amide bonds. The van der Waals surface area contributed by atoms with Crippen molar-refractivity contribution in [3.05, 3.63) is 41.2 Å². The number of hydrogen-bond donors (Lipinski definition) is 2. The van der Waals surface area contributed by atoms with Gasteiger partial charge >= 0.3 is 5.97 Å². The first kappa shape index (κ1) is 16.0. The summed E-state index contributed by atoms with van der Waals surface area (Å²) in [6.45, 7) is 3.69. The van der Waals surface area contributed by atoms with Crippen molar-refractivity contribution in [2.45, 2.75) is 26.4 Å². The number of rotatable bonds is 5. The van der Waals surface area contributed by atoms with E-state index in [4.69, 9.17) is 16.7 Å². The number of imidazole rings is 1. The summed E-state index contributed by atoms with van der Waals surface area (Å²) in [7, 11) is 0. The number of nitrogens with one attached hydrogen (secondary N) is 1. The minimum Gasteiger partial charge on any atom is -0.476 e. The topological polar surface area (TPSA) is 84.2 Å². The van der Waals surface area contributed by atoms with E-state index in [-0.39, 0.29) is 24.2 Å². The van der Waals surface area contributed by atoms with Gasteiger partial charge in [-0.1, -0.05) is 23.7 Å². The van der Waals surface area contributed by atoms with E-state index in [9.17, 15) is 9.59 Å². The second-order valence-corrected chi connectivity index (χ2v) is 5.55. The molecule has 0 saturated carbocycles. The second kappa shape index (κ2) is 6.62. The first-order chi connectivity index (χ1) is 10.4. The molecule has 0 aliphatic heterocycles. The van der Waals surface area contributed by atoms with Crippen LogP contribution in [0.3, 0.4) is 0 Å². The average molecular weight is 322 g/mol. The third-order valence-corrected chi connectivity index (χ3v) is 3.08. The minimum absolute atomic E-state index is 0.00425. The zero-order valence-electron chi connectivity index (χ0n) is 12.2. The van der Waals surface area contributed by atoms with Gasteiger partial charge in [0.1, 0.15) is 12.4 Å². The van der Waals surface area contributed by atoms with Gasteiger partial charge in [0, 0.05) is 22.8 Å². The molecular formula is C15H16ClN3O3. The minimum atomic E-state index is -1.15. The van der Waals surface area contributed by atoms with Crippen molar-refractivity contribution in [2.75, 3.05) is 0 Å². The maximum atomic E-state index is 11.9. The first-order valence-corrected chi connectivity index (χ1v) is 7.10. The highest BCUT2D eigenvalue weighted by Crippen LogP contribution is 2.22. The fourth-order valence-corrected chi connectivity index (χ4v) is 2.21. The molecule has 116 valence electrons. The molecule has 0 radical (unpaired) electrons. The molecule has 0 atom stereocenters. The van der Waals surface area contributed by atoms with Gasteiger partial charge < -0.3 is 15.0 Å². The molecule has 1 aromatic heterocycles. The van der Waals surface area contributed by atoms with Crippen molar-refractivity contribution in [1.82, 2.24) is 14.9 Å². The van der Waals surface area contributed by atoms with Crippen molar-refractivity contribution < 1.29 is 14.7 Å². The molecule has 0 spiro atoms. The van der Waals surface area contributed by atoms with Crippen LogP contribution in [0, 0.1) is 0 Å². The fraction of sp³-hybridized carbons (Fsp3) is 0.267. The van der Waals surface area contributed by atoms with Gasteiger partial charge in [0.2, 0.25) is 5.91 Å². The van der Waals surface area contributed by atoms with Crippen LogP contribution in [0.4, 0.5) is 0 Å². The number of carboxylic acids is 1. The first-order valence-electron chi connectivity index (χ1n) is 6.72. The standard InChI is InChI=1S/C15H16ClN3O3/c1-9(2)17-13(20)8-19-7-12(15(21)22)18-14(19)10-4-3-5-11(16)6-10/h3-7,9H,8H2,1-2H3,(H,17,20)(H,21,22). The lowest BCUT2D eigenvalue weighted by Gasteiger charge is -2.11. The van der Waals surface area contributed by atoms with Gasteiger partial charge in [0.15, 0.2) is 5.69 Å². The molecule has 0 aliphatic carbocycles. The Balaban J connectivity index is 2.39. The van der Waals surface area contributed by atoms with Crippen LogP contribution < -0.4 is 5.32 Å². The van der Waals surface area contributed by atoms with Crippen LogP contribution in [0.25, 0.3) is 11.4 Å². The van der Waals surface area contributed by atoms with E-state index < -0.39 is 5.97 Å². The van der Waals surface area contributed by atoms with Gasteiger partial charge in [-0.2, -0.15) is 0 Å². The lowest BCUT2D eigenvalue weighted by atomic mass is 10.2. The Morgan fingerprint density at radius 3 is 2.73 bits per heavy atom. The predicted molar refractivity (Wildman–Crippen MR) is 82.9 cm³/mol. The summed E-state index contributed by atoms with van der Waals surface area (Å²) in [5.74, 6) is -0.974. The third kappa shape index (κ3) is 3.85. The normalized spacial score (nSPS) is 10.7. The SMILES string of the molecule is CC(C)NC(=O)Cn1cc(C(=O)O)nc1-c1cccc(Cl)c1. The molecule has 2 rings (SSSR count). The Bertz CT molecular complexity index is 710. The Morgan fingerprint density at radius 1 is 1.41 bits per heavy atom. The number of hydrogen-bond acceptors (Lipinski definition) is 3. The molecule has 0 bridgehead atoms. The molecule has 0 saturated heterocycles. The van der Waals surface area contributed by atoms with Crippen molar-refractivity contribution in [1.29, 1.82) is 0 Å². The Hall–Kier alpha value is -2.34. The number of halogens is 1. The maximum absolute atomic E-state index is 11.9. The van der Waals surface area contributed by atoms with Gasteiger partial charge in [-0.05, 0) is 26.0 Å². The van der Waals surface area contributed by atoms with E-state index in [1.165, 1.54) is 10.8 Å². The summed E-state index contributed by atoms with van der Waals surface area (Å²) in [6, 6.07) is 6.89. The number of amides is 1. The van der Waals surface area contributed by atoms with E-state index in [1.807, 2.05) is 13.8 Å². The number of carboxylic acid groups (broad SMARTS) is 1. The van der Waals surface area contributed by atoms with Gasteiger partial charge in [0.25, 0.3) is 0 Å². The molecule has 0 unspecified atom stereocenters. The van der Waals surface area contributed by atoms with Crippen LogP contribution in [-0.2, 0) is 11.3 Å². The van der Waals surface area contributed by atoms with Crippen LogP contribution in [0.2, 0.25) is 5.02 Å². The molecular weight excluding hydrogens is 306 g/mol. The number of aromatic carboxylic acids is 1. The largest absolute Gasteiger partial charge is 0.476 e. The van der Waals surface area contributed by atoms with Gasteiger partial charge in [-0.15, -0.1) is 0 Å². The zero-order chi connectivity index (χ0) is 16.3. The summed E-state index contributed by atoms with van der Waals surface area (Å²) in [5.41, 5.74) is 0.532. The second-order valence-electron chi connectivity index (χ2n) is 5.12. The summed E-state index contributed by atoms with van der Waals surface area (Å²) in [4.78, 5) is 27.1. The summed E-state index contributed by atoms with van der Waals surface area (Å²) in [5, 5.41) is 12.4. The quantitative estimate of drug-likeness (QED) is 0.885. The number of carbonyl (C=O) groups is 2. The Labute approximate surface area is 132 Å². The lowest BCUT2D eigenvalue weighted by molar-refractivity contribution is -0.122. The number of benzene rings is 1. The van der Waals surface area contributed by atoms with E-state index in [0.717, 1.165) is 0 Å². The molecule has 1 aromatic carbocycles. The Kier molecular flexibility index (Phi) is 4.82. The van der Waals surface area contributed by atoms with Crippen molar-refractivity contribution in [3.8, 4) is 11.4 Å². The maximum Gasteiger partial charge on any atom is 0.356 e. The number of nitrogens with zero attached hydrogens (tertiary/aromatic N) is 2. The zero-order valence-corrected chi connectivity index (χ0v) is 13.0. The van der Waals surface area contributed by atoms with Crippen LogP contribution in [0.1, 0.15) is 24.3 Å². The fourth-order valence-electron chi connectivity index (χ4n) is 2.02. The Morgan fingerprint density at radius 2 is 2.14 bits per heavy atom. The van der Waals surface area contributed by atoms with Crippen molar-refractivity contribution >= 4 is 23.5 Å². The molecule has 7 heteroatoms. The lowest BCUT2D eigenvalue weighted by Crippen LogP contribution is -2.33. The van der Waals surface area contributed by atoms with Crippen molar-refractivity contribution in [3.63, 3.8) is 0 Å². The van der Waals surface area contributed by atoms with Crippen molar-refractivity contribution in [2.24, 2.45) is 0 Å². The molecule has 1 heterocycles. The molecule has 22 heavy (non-hydrogen) atoms. The molecule has 2 N–H and O–H groups in total. The van der Waals surface area contributed by atoms with Crippen LogP contribution in [0.15, 0.2) is 30.5 Å². The predicted octanol–water partition coefficient (Wildman–Crippen LogP) is 2.43. The highest BCUT2D eigenvalue weighted by molar-refractivity contribution is 6.30. The van der Waals surface area contributed by atoms with Gasteiger partial charge in [-0.25, -0.2) is 9.78 Å². The third-order valence-electron chi connectivity index (χ3n) is 2.84. The monoisotopic (exact) mass is 321 g/mol. The summed E-state index contributed by atoms with van der Waals surface area (Å²) < 4.78 is 1.51. The average Bonchev–Trinajstić information content (AvgIpc) is 2.81. The summed E-state index contributed by atoms with van der Waals surface area (Å²) >= 11 is 5.96.